The molecule has 0 radical (unpaired) electrons. The summed E-state index contributed by atoms with van der Waals surface area (Å²) in [5, 5.41) is 9.08. The number of alkyl halides is 1. The Kier molecular flexibility index (Phi) is 3.97. The Balaban J connectivity index is 2.63. The predicted molar refractivity (Wildman–Crippen MR) is 58.3 cm³/mol. The van der Waals surface area contributed by atoms with Gasteiger partial charge >= 0.3 is 5.97 Å². The van der Waals surface area contributed by atoms with Crippen molar-refractivity contribution < 1.29 is 14.6 Å². The first-order valence-corrected chi connectivity index (χ1v) is 5.87. The first-order chi connectivity index (χ1) is 6.10. The molecular formula is C9H15IO3. The first-order valence-electron chi connectivity index (χ1n) is 4.62. The lowest BCUT2D eigenvalue weighted by molar-refractivity contribution is -0.169. The lowest BCUT2D eigenvalue weighted by atomic mass is 9.84. The Morgan fingerprint density at radius 1 is 1.62 bits per heavy atom. The van der Waals surface area contributed by atoms with E-state index < -0.39 is 11.6 Å². The van der Waals surface area contributed by atoms with Crippen LogP contribution in [0.4, 0.5) is 0 Å². The van der Waals surface area contributed by atoms with Gasteiger partial charge in [0.1, 0.15) is 0 Å². The molecule has 1 aliphatic rings. The minimum absolute atomic E-state index is 0.484. The van der Waals surface area contributed by atoms with Crippen molar-refractivity contribution in [1.82, 2.24) is 0 Å². The van der Waals surface area contributed by atoms with Crippen molar-refractivity contribution in [2.24, 2.45) is 0 Å². The van der Waals surface area contributed by atoms with Gasteiger partial charge in [-0.1, -0.05) is 22.6 Å². The van der Waals surface area contributed by atoms with E-state index in [1.54, 1.807) is 0 Å². The second-order valence-electron chi connectivity index (χ2n) is 3.41. The Hall–Kier alpha value is 0.160. The molecule has 3 nitrogen and oxygen atoms in total. The zero-order chi connectivity index (χ0) is 9.90. The number of rotatable bonds is 3. The number of hydrogen-bond acceptors (Lipinski definition) is 2. The van der Waals surface area contributed by atoms with E-state index in [4.69, 9.17) is 9.84 Å². The third-order valence-corrected chi connectivity index (χ3v) is 3.78. The average molecular weight is 298 g/mol. The summed E-state index contributed by atoms with van der Waals surface area (Å²) < 4.78 is 5.99. The molecule has 0 aromatic carbocycles. The third-order valence-electron chi connectivity index (χ3n) is 2.53. The highest BCUT2D eigenvalue weighted by Crippen LogP contribution is 2.35. The van der Waals surface area contributed by atoms with Crippen LogP contribution in [0.25, 0.3) is 0 Å². The van der Waals surface area contributed by atoms with Gasteiger partial charge < -0.3 is 9.84 Å². The zero-order valence-corrected chi connectivity index (χ0v) is 9.91. The molecule has 76 valence electrons. The number of carboxylic acid groups (broad SMARTS) is 1. The van der Waals surface area contributed by atoms with E-state index in [1.165, 1.54) is 0 Å². The van der Waals surface area contributed by atoms with Crippen LogP contribution in [0.5, 0.6) is 0 Å². The lowest BCUT2D eigenvalue weighted by Gasteiger charge is -2.34. The van der Waals surface area contributed by atoms with Crippen molar-refractivity contribution in [2.75, 3.05) is 6.61 Å². The van der Waals surface area contributed by atoms with Crippen molar-refractivity contribution in [3.8, 4) is 0 Å². The minimum Gasteiger partial charge on any atom is -0.479 e. The zero-order valence-electron chi connectivity index (χ0n) is 7.75. The van der Waals surface area contributed by atoms with Crippen molar-refractivity contribution >= 4 is 28.6 Å². The molecule has 1 saturated carbocycles. The molecule has 1 N–H and O–H groups in total. The maximum absolute atomic E-state index is 11.0. The molecule has 0 heterocycles. The molecule has 0 aromatic rings. The summed E-state index contributed by atoms with van der Waals surface area (Å²) in [4.78, 5) is 11.0. The summed E-state index contributed by atoms with van der Waals surface area (Å²) in [5.74, 6) is -0.794. The van der Waals surface area contributed by atoms with Crippen LogP contribution < -0.4 is 0 Å². The monoisotopic (exact) mass is 298 g/mol. The molecule has 1 fully saturated rings. The van der Waals surface area contributed by atoms with Gasteiger partial charge in [0.25, 0.3) is 0 Å². The Morgan fingerprint density at radius 3 is 2.54 bits per heavy atom. The SMILES string of the molecule is CCOC1(C(=O)O)CCC(I)CC1. The summed E-state index contributed by atoms with van der Waals surface area (Å²) in [6.07, 6.45) is 3.22. The van der Waals surface area contributed by atoms with Gasteiger partial charge in [0, 0.05) is 10.5 Å². The van der Waals surface area contributed by atoms with Gasteiger partial charge in [0.2, 0.25) is 0 Å². The summed E-state index contributed by atoms with van der Waals surface area (Å²) in [6.45, 7) is 2.33. The van der Waals surface area contributed by atoms with Crippen LogP contribution >= 0.6 is 22.6 Å². The molecular weight excluding hydrogens is 283 g/mol. The van der Waals surface area contributed by atoms with E-state index in [1.807, 2.05) is 6.92 Å². The van der Waals surface area contributed by atoms with Gasteiger partial charge in [0.05, 0.1) is 0 Å². The summed E-state index contributed by atoms with van der Waals surface area (Å²) in [7, 11) is 0. The van der Waals surface area contributed by atoms with Crippen LogP contribution in [-0.4, -0.2) is 27.2 Å². The Labute approximate surface area is 92.0 Å². The molecule has 0 aromatic heterocycles. The van der Waals surface area contributed by atoms with Crippen molar-refractivity contribution in [3.05, 3.63) is 0 Å². The van der Waals surface area contributed by atoms with Gasteiger partial charge in [-0.05, 0) is 32.6 Å². The van der Waals surface area contributed by atoms with E-state index in [-0.39, 0.29) is 0 Å². The largest absolute Gasteiger partial charge is 0.479 e. The molecule has 0 aliphatic heterocycles. The van der Waals surface area contributed by atoms with Crippen molar-refractivity contribution in [3.63, 3.8) is 0 Å². The smallest absolute Gasteiger partial charge is 0.335 e. The molecule has 0 amide bonds. The third kappa shape index (κ3) is 2.56. The number of halogens is 1. The van der Waals surface area contributed by atoms with Crippen LogP contribution in [0.2, 0.25) is 0 Å². The molecule has 4 heteroatoms. The summed E-state index contributed by atoms with van der Waals surface area (Å²) in [6, 6.07) is 0. The molecule has 0 spiro atoms. The Bertz CT molecular complexity index is 185. The van der Waals surface area contributed by atoms with E-state index >= 15 is 0 Å². The highest BCUT2D eigenvalue weighted by atomic mass is 127. The highest BCUT2D eigenvalue weighted by Gasteiger charge is 2.42. The second-order valence-corrected chi connectivity index (χ2v) is 5.17. The van der Waals surface area contributed by atoms with E-state index in [2.05, 4.69) is 22.6 Å². The van der Waals surface area contributed by atoms with Gasteiger partial charge in [0.15, 0.2) is 5.60 Å². The highest BCUT2D eigenvalue weighted by molar-refractivity contribution is 14.1. The van der Waals surface area contributed by atoms with Gasteiger partial charge in [-0.15, -0.1) is 0 Å². The second kappa shape index (κ2) is 4.59. The molecule has 13 heavy (non-hydrogen) atoms. The fourth-order valence-corrected chi connectivity index (χ4v) is 2.37. The number of aliphatic carboxylic acids is 1. The molecule has 0 bridgehead atoms. The predicted octanol–water partition coefficient (Wildman–Crippen LogP) is 2.22. The maximum Gasteiger partial charge on any atom is 0.335 e. The van der Waals surface area contributed by atoms with E-state index in [0.717, 1.165) is 12.8 Å². The fraction of sp³-hybridized carbons (Fsp3) is 0.889. The van der Waals surface area contributed by atoms with Gasteiger partial charge in [-0.25, -0.2) is 4.79 Å². The van der Waals surface area contributed by atoms with Crippen LogP contribution in [0.1, 0.15) is 32.6 Å². The fourth-order valence-electron chi connectivity index (χ4n) is 1.75. The molecule has 0 atom stereocenters. The van der Waals surface area contributed by atoms with Crippen LogP contribution in [0, 0.1) is 0 Å². The lowest BCUT2D eigenvalue weighted by Crippen LogP contribution is -2.45. The summed E-state index contributed by atoms with van der Waals surface area (Å²) >= 11 is 2.38. The minimum atomic E-state index is -0.879. The van der Waals surface area contributed by atoms with Crippen molar-refractivity contribution in [2.45, 2.75) is 42.1 Å². The van der Waals surface area contributed by atoms with Crippen LogP contribution in [-0.2, 0) is 9.53 Å². The summed E-state index contributed by atoms with van der Waals surface area (Å²) in [5.41, 5.74) is -0.879. The van der Waals surface area contributed by atoms with Crippen LogP contribution in [0.15, 0.2) is 0 Å². The standard InChI is InChI=1S/C9H15IO3/c1-2-13-9(8(11)12)5-3-7(10)4-6-9/h7H,2-6H2,1H3,(H,11,12). The van der Waals surface area contributed by atoms with E-state index in [9.17, 15) is 4.79 Å². The van der Waals surface area contributed by atoms with Crippen molar-refractivity contribution in [1.29, 1.82) is 0 Å². The number of ether oxygens (including phenoxy) is 1. The topological polar surface area (TPSA) is 46.5 Å². The number of hydrogen-bond donors (Lipinski definition) is 1. The Morgan fingerprint density at radius 2 is 2.15 bits per heavy atom. The molecule has 1 rings (SSSR count). The van der Waals surface area contributed by atoms with Gasteiger partial charge in [-0.2, -0.15) is 0 Å². The maximum atomic E-state index is 11.0. The quantitative estimate of drug-likeness (QED) is 0.642. The first kappa shape index (κ1) is 11.2. The molecule has 1 aliphatic carbocycles. The average Bonchev–Trinajstić information content (AvgIpc) is 2.09. The molecule has 0 saturated heterocycles. The van der Waals surface area contributed by atoms with Crippen LogP contribution in [0.3, 0.4) is 0 Å². The number of carboxylic acids is 1. The number of carbonyl (C=O) groups is 1. The normalized spacial score (nSPS) is 34.5. The molecule has 0 unspecified atom stereocenters. The van der Waals surface area contributed by atoms with Gasteiger partial charge in [-0.3, -0.25) is 0 Å². The van der Waals surface area contributed by atoms with E-state index in [0.29, 0.717) is 23.4 Å².